The van der Waals surface area contributed by atoms with Gasteiger partial charge in [-0.2, -0.15) is 11.8 Å². The van der Waals surface area contributed by atoms with E-state index in [1.165, 1.54) is 12.3 Å². The molecular weight excluding hydrogens is 220 g/mol. The summed E-state index contributed by atoms with van der Waals surface area (Å²) in [4.78, 5) is 2.64. The summed E-state index contributed by atoms with van der Waals surface area (Å²) in [6.45, 7) is 6.63. The van der Waals surface area contributed by atoms with Crippen LogP contribution in [0.4, 0.5) is 0 Å². The second kappa shape index (κ2) is 4.84. The standard InChI is InChI=1S/C12H24N2OS/c1-9-10(2)16-5-4-14(9)12(8-13)6-11(7-12)15-3/h9-11H,4-8,13H2,1-3H3. The fourth-order valence-electron chi connectivity index (χ4n) is 3.08. The van der Waals surface area contributed by atoms with Gasteiger partial charge in [0, 0.05) is 42.8 Å². The lowest BCUT2D eigenvalue weighted by Gasteiger charge is -2.57. The van der Waals surface area contributed by atoms with Crippen LogP contribution in [0, 0.1) is 0 Å². The molecule has 2 rings (SSSR count). The van der Waals surface area contributed by atoms with Gasteiger partial charge in [-0.05, 0) is 19.8 Å². The molecule has 0 amide bonds. The van der Waals surface area contributed by atoms with E-state index >= 15 is 0 Å². The lowest BCUT2D eigenvalue weighted by molar-refractivity contribution is -0.0987. The van der Waals surface area contributed by atoms with Crippen LogP contribution in [0.15, 0.2) is 0 Å². The van der Waals surface area contributed by atoms with Crippen molar-refractivity contribution in [2.75, 3.05) is 26.0 Å². The quantitative estimate of drug-likeness (QED) is 0.812. The minimum atomic E-state index is 0.231. The third-order valence-electron chi connectivity index (χ3n) is 4.42. The van der Waals surface area contributed by atoms with Crippen LogP contribution in [0.25, 0.3) is 0 Å². The van der Waals surface area contributed by atoms with Gasteiger partial charge < -0.3 is 10.5 Å². The highest BCUT2D eigenvalue weighted by Crippen LogP contribution is 2.42. The zero-order chi connectivity index (χ0) is 11.8. The lowest BCUT2D eigenvalue weighted by Crippen LogP contribution is -2.68. The van der Waals surface area contributed by atoms with E-state index in [0.29, 0.717) is 12.1 Å². The van der Waals surface area contributed by atoms with E-state index in [1.54, 1.807) is 0 Å². The molecule has 3 nitrogen and oxygen atoms in total. The van der Waals surface area contributed by atoms with E-state index in [0.717, 1.165) is 24.6 Å². The molecular formula is C12H24N2OS. The van der Waals surface area contributed by atoms with E-state index in [2.05, 4.69) is 30.5 Å². The number of nitrogens with zero attached hydrogens (tertiary/aromatic N) is 1. The second-order valence-corrected chi connectivity index (χ2v) is 6.69. The number of thioether (sulfide) groups is 1. The molecule has 0 bridgehead atoms. The highest BCUT2D eigenvalue weighted by molar-refractivity contribution is 8.00. The van der Waals surface area contributed by atoms with Gasteiger partial charge in [0.1, 0.15) is 0 Å². The summed E-state index contributed by atoms with van der Waals surface area (Å²) < 4.78 is 5.41. The first kappa shape index (κ1) is 12.7. The van der Waals surface area contributed by atoms with Crippen molar-refractivity contribution in [3.05, 3.63) is 0 Å². The summed E-state index contributed by atoms with van der Waals surface area (Å²) >= 11 is 2.08. The molecule has 4 heteroatoms. The maximum absolute atomic E-state index is 6.02. The number of methoxy groups -OCH3 is 1. The van der Waals surface area contributed by atoms with Gasteiger partial charge in [-0.1, -0.05) is 6.92 Å². The summed E-state index contributed by atoms with van der Waals surface area (Å²) in [5.74, 6) is 1.24. The maximum Gasteiger partial charge on any atom is 0.0607 e. The Labute approximate surface area is 103 Å². The molecule has 16 heavy (non-hydrogen) atoms. The van der Waals surface area contributed by atoms with Crippen LogP contribution in [0.1, 0.15) is 26.7 Å². The van der Waals surface area contributed by atoms with Crippen LogP contribution in [0.3, 0.4) is 0 Å². The van der Waals surface area contributed by atoms with E-state index in [-0.39, 0.29) is 5.54 Å². The molecule has 94 valence electrons. The first-order valence-corrected chi connectivity index (χ1v) is 7.29. The number of nitrogens with two attached hydrogens (primary N) is 1. The monoisotopic (exact) mass is 244 g/mol. The highest BCUT2D eigenvalue weighted by Gasteiger charge is 2.50. The summed E-state index contributed by atoms with van der Waals surface area (Å²) in [7, 11) is 1.81. The molecule has 1 saturated heterocycles. The van der Waals surface area contributed by atoms with Gasteiger partial charge in [0.05, 0.1) is 6.10 Å². The van der Waals surface area contributed by atoms with Crippen molar-refractivity contribution in [1.29, 1.82) is 0 Å². The van der Waals surface area contributed by atoms with Crippen molar-refractivity contribution in [2.24, 2.45) is 5.73 Å². The molecule has 0 aromatic carbocycles. The first-order chi connectivity index (χ1) is 7.63. The Morgan fingerprint density at radius 2 is 2.12 bits per heavy atom. The van der Waals surface area contributed by atoms with Gasteiger partial charge in [0.25, 0.3) is 0 Å². The minimum Gasteiger partial charge on any atom is -0.381 e. The van der Waals surface area contributed by atoms with Gasteiger partial charge in [-0.25, -0.2) is 0 Å². The topological polar surface area (TPSA) is 38.5 Å². The van der Waals surface area contributed by atoms with E-state index < -0.39 is 0 Å². The molecule has 0 aromatic heterocycles. The normalized spacial score (nSPS) is 45.4. The van der Waals surface area contributed by atoms with Gasteiger partial charge in [0.15, 0.2) is 0 Å². The molecule has 2 aliphatic rings. The summed E-state index contributed by atoms with van der Waals surface area (Å²) in [6.07, 6.45) is 2.66. The van der Waals surface area contributed by atoms with Crippen molar-refractivity contribution < 1.29 is 4.74 Å². The number of ether oxygens (including phenoxy) is 1. The summed E-state index contributed by atoms with van der Waals surface area (Å²) in [5, 5.41) is 0.721. The summed E-state index contributed by atoms with van der Waals surface area (Å²) in [5.41, 5.74) is 6.25. The van der Waals surface area contributed by atoms with Crippen LogP contribution in [0.2, 0.25) is 0 Å². The molecule has 2 fully saturated rings. The smallest absolute Gasteiger partial charge is 0.0607 e. The van der Waals surface area contributed by atoms with Crippen molar-refractivity contribution in [2.45, 2.75) is 49.6 Å². The Bertz CT molecular complexity index is 243. The molecule has 1 heterocycles. The third-order valence-corrected chi connectivity index (χ3v) is 5.76. The van der Waals surface area contributed by atoms with Crippen LogP contribution in [-0.2, 0) is 4.74 Å². The van der Waals surface area contributed by atoms with Crippen LogP contribution < -0.4 is 5.73 Å². The molecule has 0 radical (unpaired) electrons. The number of hydrogen-bond donors (Lipinski definition) is 1. The van der Waals surface area contributed by atoms with Gasteiger partial charge in [-0.15, -0.1) is 0 Å². The van der Waals surface area contributed by atoms with E-state index in [1.807, 2.05) is 7.11 Å². The molecule has 1 aliphatic heterocycles. The molecule has 2 atom stereocenters. The predicted molar refractivity (Wildman–Crippen MR) is 69.9 cm³/mol. The van der Waals surface area contributed by atoms with Gasteiger partial charge in [0.2, 0.25) is 0 Å². The average molecular weight is 244 g/mol. The van der Waals surface area contributed by atoms with Crippen molar-refractivity contribution >= 4 is 11.8 Å². The van der Waals surface area contributed by atoms with Crippen LogP contribution >= 0.6 is 11.8 Å². The Morgan fingerprint density at radius 3 is 2.69 bits per heavy atom. The fraction of sp³-hybridized carbons (Fsp3) is 1.00. The average Bonchev–Trinajstić information content (AvgIpc) is 2.23. The second-order valence-electron chi connectivity index (χ2n) is 5.20. The maximum atomic E-state index is 6.02. The molecule has 0 spiro atoms. The molecule has 0 aromatic rings. The Balaban J connectivity index is 2.04. The van der Waals surface area contributed by atoms with Gasteiger partial charge >= 0.3 is 0 Å². The molecule has 2 N–H and O–H groups in total. The lowest BCUT2D eigenvalue weighted by atomic mass is 9.72. The van der Waals surface area contributed by atoms with Crippen molar-refractivity contribution in [3.63, 3.8) is 0 Å². The zero-order valence-corrected chi connectivity index (χ0v) is 11.4. The predicted octanol–water partition coefficient (Wildman–Crippen LogP) is 1.32. The molecule has 2 unspecified atom stereocenters. The zero-order valence-electron chi connectivity index (χ0n) is 10.6. The van der Waals surface area contributed by atoms with Crippen LogP contribution in [0.5, 0.6) is 0 Å². The first-order valence-electron chi connectivity index (χ1n) is 6.24. The minimum absolute atomic E-state index is 0.231. The van der Waals surface area contributed by atoms with E-state index in [4.69, 9.17) is 10.5 Å². The number of rotatable bonds is 3. The Hall–Kier alpha value is 0.230. The van der Waals surface area contributed by atoms with Crippen molar-refractivity contribution in [3.8, 4) is 0 Å². The Kier molecular flexibility index (Phi) is 3.84. The third kappa shape index (κ3) is 2.01. The number of hydrogen-bond acceptors (Lipinski definition) is 4. The Morgan fingerprint density at radius 1 is 1.44 bits per heavy atom. The molecule has 1 saturated carbocycles. The fourth-order valence-corrected chi connectivity index (χ4v) is 4.17. The van der Waals surface area contributed by atoms with E-state index in [9.17, 15) is 0 Å². The summed E-state index contributed by atoms with van der Waals surface area (Å²) in [6, 6.07) is 0.639. The highest BCUT2D eigenvalue weighted by atomic mass is 32.2. The largest absolute Gasteiger partial charge is 0.381 e. The van der Waals surface area contributed by atoms with Gasteiger partial charge in [-0.3, -0.25) is 4.90 Å². The van der Waals surface area contributed by atoms with Crippen molar-refractivity contribution in [1.82, 2.24) is 4.90 Å². The molecule has 1 aliphatic carbocycles. The SMILES string of the molecule is COC1CC(CN)(N2CCSC(C)C2C)C1. The van der Waals surface area contributed by atoms with Crippen LogP contribution in [-0.4, -0.2) is 53.8 Å².